The van der Waals surface area contributed by atoms with Crippen LogP contribution in [0.25, 0.3) is 0 Å². The summed E-state index contributed by atoms with van der Waals surface area (Å²) < 4.78 is 22.7. The van der Waals surface area contributed by atoms with Crippen LogP contribution in [-0.4, -0.2) is 51.1 Å². The minimum Gasteiger partial charge on any atom is -0.494 e. The van der Waals surface area contributed by atoms with Gasteiger partial charge in [-0.05, 0) is 55.7 Å². The van der Waals surface area contributed by atoms with Gasteiger partial charge >= 0.3 is 0 Å². The Bertz CT molecular complexity index is 1210. The molecule has 0 bridgehead atoms. The van der Waals surface area contributed by atoms with Crippen molar-refractivity contribution >= 4 is 35.0 Å². The number of nitrogens with zero attached hydrogens (tertiary/aromatic N) is 2. The zero-order valence-electron chi connectivity index (χ0n) is 20.9. The molecule has 2 aliphatic rings. The number of carbonyl (C=O) groups is 4. The number of anilines is 2. The average molecular weight is 507 g/mol. The number of methoxy groups -OCH3 is 2. The molecule has 2 aromatic carbocycles. The van der Waals surface area contributed by atoms with E-state index in [0.29, 0.717) is 42.6 Å². The zero-order valence-corrected chi connectivity index (χ0v) is 20.9. The van der Waals surface area contributed by atoms with Gasteiger partial charge in [-0.1, -0.05) is 0 Å². The number of hydrogen-bond acceptors (Lipinski definition) is 8. The Balaban J connectivity index is 1.77. The summed E-state index contributed by atoms with van der Waals surface area (Å²) in [5, 5.41) is 0. The monoisotopic (exact) mass is 506 g/mol. The van der Waals surface area contributed by atoms with E-state index in [9.17, 15) is 19.2 Å². The number of benzene rings is 2. The third kappa shape index (κ3) is 4.77. The number of imide groups is 2. The van der Waals surface area contributed by atoms with E-state index in [2.05, 4.69) is 0 Å². The van der Waals surface area contributed by atoms with E-state index < -0.39 is 23.6 Å². The van der Waals surface area contributed by atoms with Crippen molar-refractivity contribution in [2.24, 2.45) is 0 Å². The van der Waals surface area contributed by atoms with Crippen LogP contribution in [0.3, 0.4) is 0 Å². The van der Waals surface area contributed by atoms with Crippen LogP contribution >= 0.6 is 0 Å². The summed E-state index contributed by atoms with van der Waals surface area (Å²) in [7, 11) is 2.89. The number of ether oxygens (including phenoxy) is 4. The molecule has 0 N–H and O–H groups in total. The molecule has 10 heteroatoms. The highest BCUT2D eigenvalue weighted by Gasteiger charge is 2.33. The molecule has 2 aromatic rings. The van der Waals surface area contributed by atoms with Crippen molar-refractivity contribution in [3.05, 3.63) is 59.7 Å². The summed E-state index contributed by atoms with van der Waals surface area (Å²) in [5.41, 5.74) is 1.97. The van der Waals surface area contributed by atoms with Crippen LogP contribution in [0.2, 0.25) is 0 Å². The maximum Gasteiger partial charge on any atom is 0.258 e. The summed E-state index contributed by atoms with van der Waals surface area (Å²) in [6.45, 7) is 4.18. The highest BCUT2D eigenvalue weighted by molar-refractivity contribution is 6.30. The molecule has 4 rings (SSSR count). The van der Waals surface area contributed by atoms with Crippen LogP contribution < -0.4 is 28.7 Å². The summed E-state index contributed by atoms with van der Waals surface area (Å²) >= 11 is 0. The SMILES string of the molecule is CCOc1cc(Cc2cc(OC)c(N3C(=O)C=CC3=O)c(OCC)c2)cc(OC)c1N1C(=O)C=CC1=O. The largest absolute Gasteiger partial charge is 0.494 e. The van der Waals surface area contributed by atoms with E-state index in [1.807, 2.05) is 0 Å². The molecule has 0 fully saturated rings. The van der Waals surface area contributed by atoms with Crippen LogP contribution in [0.1, 0.15) is 25.0 Å². The smallest absolute Gasteiger partial charge is 0.258 e. The van der Waals surface area contributed by atoms with Crippen LogP contribution in [-0.2, 0) is 25.6 Å². The molecule has 4 amide bonds. The number of hydrogen-bond donors (Lipinski definition) is 0. The molecule has 2 heterocycles. The molecule has 10 nitrogen and oxygen atoms in total. The summed E-state index contributed by atoms with van der Waals surface area (Å²) in [5.74, 6) is -0.735. The van der Waals surface area contributed by atoms with Gasteiger partial charge in [0, 0.05) is 24.3 Å². The lowest BCUT2D eigenvalue weighted by molar-refractivity contribution is -0.121. The van der Waals surface area contributed by atoms with E-state index in [0.717, 1.165) is 20.9 Å². The molecule has 0 radical (unpaired) electrons. The Labute approximate surface area is 213 Å². The molecule has 0 aliphatic carbocycles. The third-order valence-electron chi connectivity index (χ3n) is 5.71. The summed E-state index contributed by atoms with van der Waals surface area (Å²) in [6, 6.07) is 6.90. The molecule has 37 heavy (non-hydrogen) atoms. The Morgan fingerprint density at radius 1 is 0.568 bits per heavy atom. The normalized spacial score (nSPS) is 14.7. The van der Waals surface area contributed by atoms with E-state index in [-0.39, 0.29) is 11.4 Å². The van der Waals surface area contributed by atoms with Gasteiger partial charge in [0.05, 0.1) is 27.4 Å². The Kier molecular flexibility index (Phi) is 7.28. The minimum absolute atomic E-state index is 0.231. The highest BCUT2D eigenvalue weighted by Crippen LogP contribution is 2.44. The highest BCUT2D eigenvalue weighted by atomic mass is 16.5. The van der Waals surface area contributed by atoms with Crippen molar-refractivity contribution < 1.29 is 38.1 Å². The number of rotatable bonds is 10. The van der Waals surface area contributed by atoms with Gasteiger partial charge < -0.3 is 18.9 Å². The predicted octanol–water partition coefficient (Wildman–Crippen LogP) is 2.95. The molecule has 0 saturated heterocycles. The Morgan fingerprint density at radius 2 is 0.892 bits per heavy atom. The van der Waals surface area contributed by atoms with Crippen LogP contribution in [0.5, 0.6) is 23.0 Å². The maximum absolute atomic E-state index is 12.4. The van der Waals surface area contributed by atoms with E-state index in [1.165, 1.54) is 38.5 Å². The van der Waals surface area contributed by atoms with Crippen molar-refractivity contribution in [1.82, 2.24) is 0 Å². The first-order valence-electron chi connectivity index (χ1n) is 11.6. The second-order valence-corrected chi connectivity index (χ2v) is 8.02. The van der Waals surface area contributed by atoms with Gasteiger partial charge in [-0.2, -0.15) is 0 Å². The first-order chi connectivity index (χ1) is 17.8. The fraction of sp³-hybridized carbons (Fsp3) is 0.259. The fourth-order valence-corrected chi connectivity index (χ4v) is 4.24. The summed E-state index contributed by atoms with van der Waals surface area (Å²) in [6.07, 6.45) is 5.13. The first-order valence-corrected chi connectivity index (χ1v) is 11.6. The Hall–Kier alpha value is -4.60. The third-order valence-corrected chi connectivity index (χ3v) is 5.71. The molecule has 0 aromatic heterocycles. The minimum atomic E-state index is -0.487. The molecule has 0 atom stereocenters. The molecular formula is C27H26N2O8. The van der Waals surface area contributed by atoms with E-state index in [4.69, 9.17) is 18.9 Å². The molecule has 0 unspecified atom stereocenters. The predicted molar refractivity (Wildman–Crippen MR) is 134 cm³/mol. The molecule has 0 spiro atoms. The van der Waals surface area contributed by atoms with E-state index >= 15 is 0 Å². The summed E-state index contributed by atoms with van der Waals surface area (Å²) in [4.78, 5) is 51.5. The van der Waals surface area contributed by atoms with Crippen molar-refractivity contribution in [2.75, 3.05) is 37.2 Å². The lowest BCUT2D eigenvalue weighted by atomic mass is 10.0. The van der Waals surface area contributed by atoms with Gasteiger partial charge in [0.15, 0.2) is 0 Å². The molecular weight excluding hydrogens is 480 g/mol. The number of carbonyl (C=O) groups excluding carboxylic acids is 4. The van der Waals surface area contributed by atoms with Gasteiger partial charge in [0.25, 0.3) is 23.6 Å². The molecule has 192 valence electrons. The van der Waals surface area contributed by atoms with Gasteiger partial charge in [0.2, 0.25) is 0 Å². The zero-order chi connectivity index (χ0) is 26.7. The number of amides is 4. The Morgan fingerprint density at radius 3 is 1.19 bits per heavy atom. The topological polar surface area (TPSA) is 112 Å². The second kappa shape index (κ2) is 10.6. The fourth-order valence-electron chi connectivity index (χ4n) is 4.24. The van der Waals surface area contributed by atoms with E-state index in [1.54, 1.807) is 38.1 Å². The second-order valence-electron chi connectivity index (χ2n) is 8.02. The maximum atomic E-state index is 12.4. The van der Waals surface area contributed by atoms with Crippen molar-refractivity contribution in [2.45, 2.75) is 20.3 Å². The quantitative estimate of drug-likeness (QED) is 0.452. The van der Waals surface area contributed by atoms with Gasteiger partial charge in [0.1, 0.15) is 34.4 Å². The average Bonchev–Trinajstić information content (AvgIpc) is 3.38. The van der Waals surface area contributed by atoms with Crippen LogP contribution in [0.15, 0.2) is 48.6 Å². The lowest BCUT2D eigenvalue weighted by Crippen LogP contribution is -2.30. The molecule has 0 saturated carbocycles. The van der Waals surface area contributed by atoms with Gasteiger partial charge in [-0.3, -0.25) is 19.2 Å². The van der Waals surface area contributed by atoms with Crippen molar-refractivity contribution in [3.8, 4) is 23.0 Å². The molecule has 2 aliphatic heterocycles. The lowest BCUT2D eigenvalue weighted by Gasteiger charge is -2.23. The van der Waals surface area contributed by atoms with Crippen molar-refractivity contribution in [3.63, 3.8) is 0 Å². The van der Waals surface area contributed by atoms with Crippen LogP contribution in [0.4, 0.5) is 11.4 Å². The standard InChI is InChI=1S/C27H26N2O8/c1-5-36-20-14-16(12-18(34-3)26(20)28-22(30)7-8-23(28)31)11-17-13-19(35-4)27(21(15-17)37-6-2)29-24(32)9-10-25(29)33/h7-10,12-15H,5-6,11H2,1-4H3. The van der Waals surface area contributed by atoms with Crippen LogP contribution in [0, 0.1) is 0 Å². The van der Waals surface area contributed by atoms with Gasteiger partial charge in [-0.15, -0.1) is 0 Å². The van der Waals surface area contributed by atoms with Gasteiger partial charge in [-0.25, -0.2) is 9.80 Å². The van der Waals surface area contributed by atoms with Crippen molar-refractivity contribution in [1.29, 1.82) is 0 Å². The first kappa shape index (κ1) is 25.5.